The minimum Gasteiger partial charge on any atom is -0.478 e. The lowest BCUT2D eigenvalue weighted by Gasteiger charge is -2.25. The van der Waals surface area contributed by atoms with Gasteiger partial charge in [0.1, 0.15) is 5.82 Å². The summed E-state index contributed by atoms with van der Waals surface area (Å²) in [4.78, 5) is 15.1. The molecule has 1 aromatic heterocycles. The molecule has 1 aromatic rings. The van der Waals surface area contributed by atoms with Crippen LogP contribution in [0.4, 0.5) is 11.5 Å². The first-order valence-corrected chi connectivity index (χ1v) is 7.09. The van der Waals surface area contributed by atoms with Gasteiger partial charge in [-0.25, -0.2) is 9.78 Å². The van der Waals surface area contributed by atoms with Crippen molar-refractivity contribution in [3.05, 3.63) is 17.8 Å². The largest absolute Gasteiger partial charge is 0.478 e. The van der Waals surface area contributed by atoms with Gasteiger partial charge in [-0.15, -0.1) is 0 Å². The van der Waals surface area contributed by atoms with Crippen LogP contribution in [0.15, 0.2) is 12.3 Å². The highest BCUT2D eigenvalue weighted by Gasteiger charge is 2.19. The zero-order chi connectivity index (χ0) is 15.2. The molecule has 1 heterocycles. The van der Waals surface area contributed by atoms with Crippen LogP contribution >= 0.6 is 0 Å². The molecule has 0 saturated carbocycles. The fourth-order valence-corrected chi connectivity index (χ4v) is 2.07. The quantitative estimate of drug-likeness (QED) is 0.635. The van der Waals surface area contributed by atoms with Crippen LogP contribution in [0.5, 0.6) is 0 Å². The summed E-state index contributed by atoms with van der Waals surface area (Å²) < 4.78 is 0. The second-order valence-electron chi connectivity index (χ2n) is 5.90. The molecule has 1 rings (SSSR count). The van der Waals surface area contributed by atoms with E-state index in [-0.39, 0.29) is 16.7 Å². The maximum Gasteiger partial charge on any atom is 0.337 e. The number of nitrogens with one attached hydrogen (secondary N) is 1. The van der Waals surface area contributed by atoms with Gasteiger partial charge in [-0.3, -0.25) is 0 Å². The number of rotatable bonds is 8. The van der Waals surface area contributed by atoms with Crippen molar-refractivity contribution in [1.82, 2.24) is 4.98 Å². The fourth-order valence-electron chi connectivity index (χ4n) is 2.07. The second-order valence-corrected chi connectivity index (χ2v) is 5.90. The SMILES string of the molecule is CCCCCC(C)(C)CNc1nccc(C(=O)O)c1N. The maximum absolute atomic E-state index is 11.0. The molecule has 112 valence electrons. The van der Waals surface area contributed by atoms with E-state index >= 15 is 0 Å². The van der Waals surface area contributed by atoms with Crippen LogP contribution in [0.2, 0.25) is 0 Å². The smallest absolute Gasteiger partial charge is 0.337 e. The van der Waals surface area contributed by atoms with E-state index in [0.717, 1.165) is 13.0 Å². The van der Waals surface area contributed by atoms with Crippen LogP contribution in [-0.2, 0) is 0 Å². The molecule has 20 heavy (non-hydrogen) atoms. The van der Waals surface area contributed by atoms with Gasteiger partial charge in [0.05, 0.1) is 11.3 Å². The van der Waals surface area contributed by atoms with Crippen molar-refractivity contribution in [2.75, 3.05) is 17.6 Å². The Morgan fingerprint density at radius 1 is 1.45 bits per heavy atom. The van der Waals surface area contributed by atoms with Gasteiger partial charge < -0.3 is 16.2 Å². The van der Waals surface area contributed by atoms with E-state index in [1.54, 1.807) is 0 Å². The lowest BCUT2D eigenvalue weighted by molar-refractivity contribution is 0.0698. The molecule has 5 heteroatoms. The number of carbonyl (C=O) groups is 1. The Bertz CT molecular complexity index is 458. The Labute approximate surface area is 120 Å². The van der Waals surface area contributed by atoms with E-state index < -0.39 is 5.97 Å². The Balaban J connectivity index is 2.65. The van der Waals surface area contributed by atoms with E-state index in [9.17, 15) is 4.79 Å². The normalized spacial score (nSPS) is 11.3. The summed E-state index contributed by atoms with van der Waals surface area (Å²) in [6, 6.07) is 1.41. The van der Waals surface area contributed by atoms with E-state index in [0.29, 0.717) is 5.82 Å². The molecular formula is C15H25N3O2. The van der Waals surface area contributed by atoms with Crippen molar-refractivity contribution in [2.24, 2.45) is 5.41 Å². The van der Waals surface area contributed by atoms with Gasteiger partial charge >= 0.3 is 5.97 Å². The zero-order valence-corrected chi connectivity index (χ0v) is 12.6. The summed E-state index contributed by atoms with van der Waals surface area (Å²) in [6.45, 7) is 7.28. The molecule has 0 spiro atoms. The van der Waals surface area contributed by atoms with Gasteiger partial charge in [-0.1, -0.05) is 40.0 Å². The van der Waals surface area contributed by atoms with Crippen molar-refractivity contribution in [1.29, 1.82) is 0 Å². The summed E-state index contributed by atoms with van der Waals surface area (Å²) in [5, 5.41) is 12.2. The summed E-state index contributed by atoms with van der Waals surface area (Å²) in [5.41, 5.74) is 6.24. The first-order valence-electron chi connectivity index (χ1n) is 7.09. The second kappa shape index (κ2) is 7.12. The van der Waals surface area contributed by atoms with Crippen molar-refractivity contribution < 1.29 is 9.90 Å². The van der Waals surface area contributed by atoms with Gasteiger partial charge in [-0.2, -0.15) is 0 Å². The Kier molecular flexibility index (Phi) is 5.80. The highest BCUT2D eigenvalue weighted by atomic mass is 16.4. The van der Waals surface area contributed by atoms with Gasteiger partial charge in [0, 0.05) is 12.7 Å². The molecule has 0 unspecified atom stereocenters. The molecule has 0 bridgehead atoms. The lowest BCUT2D eigenvalue weighted by Crippen LogP contribution is -2.24. The minimum atomic E-state index is -1.03. The number of aromatic nitrogens is 1. The van der Waals surface area contributed by atoms with E-state index in [1.165, 1.54) is 31.5 Å². The van der Waals surface area contributed by atoms with Crippen LogP contribution in [0.1, 0.15) is 56.8 Å². The van der Waals surface area contributed by atoms with Crippen LogP contribution in [-0.4, -0.2) is 22.6 Å². The number of anilines is 2. The number of hydrogen-bond acceptors (Lipinski definition) is 4. The number of hydrogen-bond donors (Lipinski definition) is 3. The third kappa shape index (κ3) is 4.72. The van der Waals surface area contributed by atoms with Crippen molar-refractivity contribution in [3.8, 4) is 0 Å². The molecule has 0 amide bonds. The standard InChI is InChI=1S/C15H25N3O2/c1-4-5-6-8-15(2,3)10-18-13-12(16)11(14(19)20)7-9-17-13/h7,9H,4-6,8,10,16H2,1-3H3,(H,17,18)(H,19,20). The predicted octanol–water partition coefficient (Wildman–Crippen LogP) is 3.38. The Morgan fingerprint density at radius 2 is 2.15 bits per heavy atom. The third-order valence-corrected chi connectivity index (χ3v) is 3.41. The highest BCUT2D eigenvalue weighted by Crippen LogP contribution is 2.26. The lowest BCUT2D eigenvalue weighted by atomic mass is 9.87. The first kappa shape index (κ1) is 16.3. The predicted molar refractivity (Wildman–Crippen MR) is 82.0 cm³/mol. The maximum atomic E-state index is 11.0. The molecule has 0 aliphatic rings. The third-order valence-electron chi connectivity index (χ3n) is 3.41. The first-order chi connectivity index (χ1) is 9.37. The average molecular weight is 279 g/mol. The number of nitrogens with zero attached hydrogens (tertiary/aromatic N) is 1. The number of aromatic carboxylic acids is 1. The Morgan fingerprint density at radius 3 is 2.75 bits per heavy atom. The summed E-state index contributed by atoms with van der Waals surface area (Å²) in [7, 11) is 0. The number of unbranched alkanes of at least 4 members (excludes halogenated alkanes) is 2. The molecular weight excluding hydrogens is 254 g/mol. The van der Waals surface area contributed by atoms with Gasteiger partial charge in [0.25, 0.3) is 0 Å². The molecule has 0 radical (unpaired) electrons. The molecule has 0 aromatic carbocycles. The summed E-state index contributed by atoms with van der Waals surface area (Å²) >= 11 is 0. The molecule has 0 aliphatic carbocycles. The number of nitrogen functional groups attached to an aromatic ring is 1. The van der Waals surface area contributed by atoms with Crippen molar-refractivity contribution in [2.45, 2.75) is 46.5 Å². The van der Waals surface area contributed by atoms with Crippen LogP contribution in [0.25, 0.3) is 0 Å². The number of carboxylic acids is 1. The summed E-state index contributed by atoms with van der Waals surface area (Å²) in [5.74, 6) is -0.580. The van der Waals surface area contributed by atoms with Crippen LogP contribution in [0, 0.1) is 5.41 Å². The van der Waals surface area contributed by atoms with E-state index in [2.05, 4.69) is 31.1 Å². The highest BCUT2D eigenvalue weighted by molar-refractivity contribution is 5.96. The Hall–Kier alpha value is -1.78. The fraction of sp³-hybridized carbons (Fsp3) is 0.600. The van der Waals surface area contributed by atoms with Gasteiger partial charge in [0.2, 0.25) is 0 Å². The molecule has 4 N–H and O–H groups in total. The number of carboxylic acid groups (broad SMARTS) is 1. The van der Waals surface area contributed by atoms with Crippen LogP contribution < -0.4 is 11.1 Å². The van der Waals surface area contributed by atoms with E-state index in [1.807, 2.05) is 0 Å². The monoisotopic (exact) mass is 279 g/mol. The average Bonchev–Trinajstić information content (AvgIpc) is 2.37. The zero-order valence-electron chi connectivity index (χ0n) is 12.6. The molecule has 5 nitrogen and oxygen atoms in total. The molecule has 0 atom stereocenters. The summed E-state index contributed by atoms with van der Waals surface area (Å²) in [6.07, 6.45) is 6.22. The molecule has 0 saturated heterocycles. The molecule has 0 aliphatic heterocycles. The number of nitrogens with two attached hydrogens (primary N) is 1. The number of pyridine rings is 1. The van der Waals surface area contributed by atoms with Crippen molar-refractivity contribution in [3.63, 3.8) is 0 Å². The van der Waals surface area contributed by atoms with E-state index in [4.69, 9.17) is 10.8 Å². The van der Waals surface area contributed by atoms with Crippen molar-refractivity contribution >= 4 is 17.5 Å². The molecule has 0 fully saturated rings. The van der Waals surface area contributed by atoms with Gasteiger partial charge in [-0.05, 0) is 17.9 Å². The van der Waals surface area contributed by atoms with Gasteiger partial charge in [0.15, 0.2) is 0 Å². The topological polar surface area (TPSA) is 88.2 Å². The minimum absolute atomic E-state index is 0.0892. The van der Waals surface area contributed by atoms with Crippen LogP contribution in [0.3, 0.4) is 0 Å².